The van der Waals surface area contributed by atoms with Gasteiger partial charge in [0.15, 0.2) is 5.78 Å². The standard InChI is InChI=1S/C23H32N4O4S/c1-3-6-21(28)20-13-19(14-24)22(25-16(20)2)27-11-9-18(10-12-27)23(29)26-32(30,31)15-17-7-4-5-8-17/h13,17-18H,3-12,15H2,1-2H3,(H,26,29). The molecule has 1 aliphatic carbocycles. The first-order valence-corrected chi connectivity index (χ1v) is 13.1. The quantitative estimate of drug-likeness (QED) is 0.592. The summed E-state index contributed by atoms with van der Waals surface area (Å²) in [4.78, 5) is 31.4. The number of carbonyl (C=O) groups excluding carboxylic acids is 2. The number of Topliss-reactive ketones (excluding diaryl/α,β-unsaturated/α-hetero) is 1. The van der Waals surface area contributed by atoms with Gasteiger partial charge in [-0.15, -0.1) is 0 Å². The van der Waals surface area contributed by atoms with Gasteiger partial charge in [0.2, 0.25) is 15.9 Å². The number of hydrogen-bond donors (Lipinski definition) is 1. The summed E-state index contributed by atoms with van der Waals surface area (Å²) in [7, 11) is -3.61. The maximum Gasteiger partial charge on any atom is 0.236 e. The summed E-state index contributed by atoms with van der Waals surface area (Å²) in [6.45, 7) is 4.68. The van der Waals surface area contributed by atoms with Gasteiger partial charge in [0.05, 0.1) is 17.0 Å². The van der Waals surface area contributed by atoms with Crippen molar-refractivity contribution in [3.8, 4) is 6.07 Å². The van der Waals surface area contributed by atoms with E-state index in [9.17, 15) is 23.3 Å². The number of nitriles is 1. The Balaban J connectivity index is 1.62. The number of pyridine rings is 1. The molecule has 3 rings (SSSR count). The fraction of sp³-hybridized carbons (Fsp3) is 0.652. The van der Waals surface area contributed by atoms with E-state index in [4.69, 9.17) is 0 Å². The molecule has 0 aromatic carbocycles. The van der Waals surface area contributed by atoms with E-state index >= 15 is 0 Å². The highest BCUT2D eigenvalue weighted by Crippen LogP contribution is 2.28. The molecule has 1 amide bonds. The van der Waals surface area contributed by atoms with Crippen molar-refractivity contribution in [1.29, 1.82) is 5.26 Å². The van der Waals surface area contributed by atoms with Crippen molar-refractivity contribution in [3.63, 3.8) is 0 Å². The number of aryl methyl sites for hydroxylation is 1. The summed E-state index contributed by atoms with van der Waals surface area (Å²) < 4.78 is 27.0. The minimum Gasteiger partial charge on any atom is -0.355 e. The zero-order chi connectivity index (χ0) is 23.3. The fourth-order valence-corrected chi connectivity index (χ4v) is 6.19. The average molecular weight is 461 g/mol. The average Bonchev–Trinajstić information content (AvgIpc) is 3.25. The van der Waals surface area contributed by atoms with E-state index < -0.39 is 15.9 Å². The minimum atomic E-state index is -3.61. The lowest BCUT2D eigenvalue weighted by Crippen LogP contribution is -2.43. The first-order chi connectivity index (χ1) is 15.2. The van der Waals surface area contributed by atoms with Crippen molar-refractivity contribution < 1.29 is 18.0 Å². The van der Waals surface area contributed by atoms with Crippen LogP contribution in [0.5, 0.6) is 0 Å². The number of aromatic nitrogens is 1. The Morgan fingerprint density at radius 1 is 1.22 bits per heavy atom. The lowest BCUT2D eigenvalue weighted by atomic mass is 9.95. The van der Waals surface area contributed by atoms with Crippen molar-refractivity contribution in [1.82, 2.24) is 9.71 Å². The van der Waals surface area contributed by atoms with Gasteiger partial charge < -0.3 is 4.90 Å². The molecular weight excluding hydrogens is 428 g/mol. The van der Waals surface area contributed by atoms with Crippen molar-refractivity contribution >= 4 is 27.5 Å². The minimum absolute atomic E-state index is 0.0188. The Bertz CT molecular complexity index is 1000. The molecule has 1 aromatic rings. The van der Waals surface area contributed by atoms with E-state index in [1.807, 2.05) is 11.8 Å². The predicted molar refractivity (Wildman–Crippen MR) is 122 cm³/mol. The van der Waals surface area contributed by atoms with Crippen LogP contribution in [-0.2, 0) is 14.8 Å². The van der Waals surface area contributed by atoms with Crippen LogP contribution in [0.1, 0.15) is 79.9 Å². The molecule has 8 nitrogen and oxygen atoms in total. The molecule has 2 aliphatic rings. The normalized spacial score (nSPS) is 17.8. The van der Waals surface area contributed by atoms with Crippen molar-refractivity contribution in [2.75, 3.05) is 23.7 Å². The van der Waals surface area contributed by atoms with Crippen LogP contribution >= 0.6 is 0 Å². The number of sulfonamides is 1. The van der Waals surface area contributed by atoms with Gasteiger partial charge in [-0.05, 0) is 51.0 Å². The lowest BCUT2D eigenvalue weighted by Gasteiger charge is -2.33. The fourth-order valence-electron chi connectivity index (χ4n) is 4.68. The van der Waals surface area contributed by atoms with Gasteiger partial charge >= 0.3 is 0 Å². The summed E-state index contributed by atoms with van der Waals surface area (Å²) in [6.07, 6.45) is 6.02. The number of nitrogens with one attached hydrogen (secondary N) is 1. The molecule has 1 saturated carbocycles. The monoisotopic (exact) mass is 460 g/mol. The van der Waals surface area contributed by atoms with Gasteiger partial charge in [-0.2, -0.15) is 5.26 Å². The number of ketones is 1. The summed E-state index contributed by atoms with van der Waals surface area (Å²) in [5.41, 5.74) is 1.42. The first-order valence-electron chi connectivity index (χ1n) is 11.5. The van der Waals surface area contributed by atoms with Crippen molar-refractivity contribution in [2.45, 2.75) is 65.2 Å². The van der Waals surface area contributed by atoms with E-state index in [0.29, 0.717) is 55.0 Å². The Morgan fingerprint density at radius 2 is 1.88 bits per heavy atom. The first kappa shape index (κ1) is 24.2. The number of carbonyl (C=O) groups is 2. The maximum absolute atomic E-state index is 12.6. The molecule has 2 fully saturated rings. The Morgan fingerprint density at radius 3 is 2.47 bits per heavy atom. The summed E-state index contributed by atoms with van der Waals surface area (Å²) in [5.74, 6) is -0.155. The summed E-state index contributed by atoms with van der Waals surface area (Å²) >= 11 is 0. The Hall–Kier alpha value is -2.47. The van der Waals surface area contributed by atoms with Gasteiger partial charge in [0.1, 0.15) is 11.9 Å². The zero-order valence-electron chi connectivity index (χ0n) is 18.9. The van der Waals surface area contributed by atoms with E-state index in [2.05, 4.69) is 15.8 Å². The van der Waals surface area contributed by atoms with E-state index in [1.54, 1.807) is 13.0 Å². The Labute approximate surface area is 190 Å². The van der Waals surface area contributed by atoms with E-state index in [-0.39, 0.29) is 23.4 Å². The lowest BCUT2D eigenvalue weighted by molar-refractivity contribution is -0.123. The van der Waals surface area contributed by atoms with Gasteiger partial charge in [-0.3, -0.25) is 14.3 Å². The third-order valence-electron chi connectivity index (χ3n) is 6.44. The predicted octanol–water partition coefficient (Wildman–Crippen LogP) is 3.10. The second-order valence-electron chi connectivity index (χ2n) is 8.94. The van der Waals surface area contributed by atoms with E-state index in [0.717, 1.165) is 32.1 Å². The molecule has 0 bridgehead atoms. The molecule has 0 spiro atoms. The molecule has 2 heterocycles. The number of anilines is 1. The number of nitrogens with zero attached hydrogens (tertiary/aromatic N) is 3. The number of rotatable bonds is 8. The van der Waals surface area contributed by atoms with Crippen LogP contribution < -0.4 is 9.62 Å². The van der Waals surface area contributed by atoms with Crippen molar-refractivity contribution in [2.24, 2.45) is 11.8 Å². The molecule has 174 valence electrons. The van der Waals surface area contributed by atoms with Crippen LogP contribution in [0.4, 0.5) is 5.82 Å². The van der Waals surface area contributed by atoms with Gasteiger partial charge in [-0.25, -0.2) is 13.4 Å². The highest BCUT2D eigenvalue weighted by atomic mass is 32.2. The third-order valence-corrected chi connectivity index (χ3v) is 7.86. The molecule has 1 aromatic heterocycles. The smallest absolute Gasteiger partial charge is 0.236 e. The topological polar surface area (TPSA) is 120 Å². The van der Waals surface area contributed by atoms with Gasteiger partial charge in [0.25, 0.3) is 0 Å². The highest BCUT2D eigenvalue weighted by Gasteiger charge is 2.31. The van der Waals surface area contributed by atoms with Crippen molar-refractivity contribution in [3.05, 3.63) is 22.9 Å². The third kappa shape index (κ3) is 5.85. The Kier molecular flexibility index (Phi) is 7.88. The summed E-state index contributed by atoms with van der Waals surface area (Å²) in [6, 6.07) is 3.76. The van der Waals surface area contributed by atoms with Crippen LogP contribution in [-0.4, -0.2) is 43.9 Å². The number of amides is 1. The molecule has 9 heteroatoms. The van der Waals surface area contributed by atoms with E-state index in [1.165, 1.54) is 0 Å². The van der Waals surface area contributed by atoms with Crippen LogP contribution in [0.25, 0.3) is 0 Å². The largest absolute Gasteiger partial charge is 0.355 e. The van der Waals surface area contributed by atoms with Gasteiger partial charge in [-0.1, -0.05) is 19.8 Å². The SMILES string of the molecule is CCCC(=O)c1cc(C#N)c(N2CCC(C(=O)NS(=O)(=O)CC3CCCC3)CC2)nc1C. The molecule has 1 aliphatic heterocycles. The van der Waals surface area contributed by atoms with Crippen LogP contribution in [0.15, 0.2) is 6.07 Å². The molecule has 0 atom stereocenters. The molecule has 0 unspecified atom stereocenters. The van der Waals surface area contributed by atoms with Gasteiger partial charge in [0, 0.05) is 31.0 Å². The zero-order valence-corrected chi connectivity index (χ0v) is 19.7. The van der Waals surface area contributed by atoms with Crippen LogP contribution in [0.2, 0.25) is 0 Å². The summed E-state index contributed by atoms with van der Waals surface area (Å²) in [5, 5.41) is 9.60. The molecular formula is C23H32N4O4S. The number of piperidine rings is 1. The molecule has 32 heavy (non-hydrogen) atoms. The second kappa shape index (κ2) is 10.4. The molecule has 1 N–H and O–H groups in total. The van der Waals surface area contributed by atoms with Crippen LogP contribution in [0.3, 0.4) is 0 Å². The van der Waals surface area contributed by atoms with Crippen LogP contribution in [0, 0.1) is 30.1 Å². The second-order valence-corrected chi connectivity index (χ2v) is 10.7. The molecule has 0 radical (unpaired) electrons. The number of hydrogen-bond acceptors (Lipinski definition) is 7. The molecule has 1 saturated heterocycles. The maximum atomic E-state index is 12.6. The highest BCUT2D eigenvalue weighted by molar-refractivity contribution is 7.90.